The van der Waals surface area contributed by atoms with Crippen molar-refractivity contribution >= 4 is 11.8 Å². The maximum atomic E-state index is 12.8. The average molecular weight is 380 g/mol. The first-order valence-corrected chi connectivity index (χ1v) is 9.25. The predicted octanol–water partition coefficient (Wildman–Crippen LogP) is 3.35. The molecule has 4 saturated carbocycles. The number of esters is 1. The Morgan fingerprint density at radius 3 is 2.30 bits per heavy atom. The lowest BCUT2D eigenvalue weighted by atomic mass is 9.48. The first-order valence-electron chi connectivity index (χ1n) is 9.25. The number of ketones is 1. The van der Waals surface area contributed by atoms with Crippen molar-refractivity contribution in [2.75, 3.05) is 6.61 Å². The van der Waals surface area contributed by atoms with Crippen molar-refractivity contribution in [2.24, 2.45) is 17.3 Å². The van der Waals surface area contributed by atoms with Gasteiger partial charge < -0.3 is 14.6 Å². The summed E-state index contributed by atoms with van der Waals surface area (Å²) >= 11 is 0. The number of aliphatic hydroxyl groups is 1. The molecule has 2 unspecified atom stereocenters. The Hall–Kier alpha value is -2.02. The Bertz CT molecular complexity index is 731. The van der Waals surface area contributed by atoms with Crippen LogP contribution in [-0.2, 0) is 9.53 Å². The quantitative estimate of drug-likeness (QED) is 0.605. The molecule has 4 bridgehead atoms. The van der Waals surface area contributed by atoms with Crippen LogP contribution in [0.3, 0.4) is 0 Å². The number of Topliss-reactive ketones (excluding diaryl/α,β-unsaturated/α-hetero) is 1. The van der Waals surface area contributed by atoms with Crippen LogP contribution in [0.5, 0.6) is 5.75 Å². The van der Waals surface area contributed by atoms with Gasteiger partial charge in [0.05, 0.1) is 11.0 Å². The highest BCUT2D eigenvalue weighted by Gasteiger charge is 2.60. The fourth-order valence-corrected chi connectivity index (χ4v) is 5.64. The van der Waals surface area contributed by atoms with E-state index in [1.54, 1.807) is 0 Å². The maximum absolute atomic E-state index is 12.8. The molecule has 7 heteroatoms. The zero-order chi connectivity index (χ0) is 19.2. The van der Waals surface area contributed by atoms with Gasteiger partial charge in [0.1, 0.15) is 5.75 Å². The van der Waals surface area contributed by atoms with E-state index in [1.165, 1.54) is 24.3 Å². The number of carbonyl (C=O) groups is 2. The molecule has 0 aromatic heterocycles. The number of carbonyl (C=O) groups excluding carboxylic acids is 2. The van der Waals surface area contributed by atoms with Crippen LogP contribution in [0.4, 0.5) is 8.78 Å². The number of hydrogen-bond donors (Lipinski definition) is 1. The molecule has 5 nitrogen and oxygen atoms in total. The first-order chi connectivity index (χ1) is 12.8. The number of alkyl halides is 2. The summed E-state index contributed by atoms with van der Waals surface area (Å²) in [6, 6.07) is 5.27. The van der Waals surface area contributed by atoms with Crippen LogP contribution >= 0.6 is 0 Å². The fraction of sp³-hybridized carbons (Fsp3) is 0.600. The number of hydrogen-bond acceptors (Lipinski definition) is 5. The molecule has 1 aromatic carbocycles. The molecule has 4 aliphatic rings. The third-order valence-electron chi connectivity index (χ3n) is 6.20. The van der Waals surface area contributed by atoms with E-state index in [1.807, 2.05) is 0 Å². The first kappa shape index (κ1) is 18.3. The number of ether oxygens (including phenoxy) is 2. The molecule has 4 atom stereocenters. The van der Waals surface area contributed by atoms with Crippen LogP contribution in [0.1, 0.15) is 48.9 Å². The number of rotatable bonds is 6. The lowest BCUT2D eigenvalue weighted by Crippen LogP contribution is -2.58. The molecule has 0 radical (unpaired) electrons. The summed E-state index contributed by atoms with van der Waals surface area (Å²) in [4.78, 5) is 25.0. The molecule has 0 heterocycles. The topological polar surface area (TPSA) is 72.8 Å². The lowest BCUT2D eigenvalue weighted by Gasteiger charge is -2.58. The van der Waals surface area contributed by atoms with Crippen LogP contribution in [0.25, 0.3) is 0 Å². The smallest absolute Gasteiger partial charge is 0.387 e. The molecule has 146 valence electrons. The van der Waals surface area contributed by atoms with Crippen molar-refractivity contribution in [1.82, 2.24) is 0 Å². The summed E-state index contributed by atoms with van der Waals surface area (Å²) < 4.78 is 33.9. The van der Waals surface area contributed by atoms with E-state index in [9.17, 15) is 23.5 Å². The second-order valence-corrected chi connectivity index (χ2v) is 8.37. The summed E-state index contributed by atoms with van der Waals surface area (Å²) in [6.07, 6.45) is 4.43. The Kier molecular flexibility index (Phi) is 4.45. The summed E-state index contributed by atoms with van der Waals surface area (Å²) in [6.45, 7) is -3.33. The van der Waals surface area contributed by atoms with E-state index in [2.05, 4.69) is 4.74 Å². The normalized spacial score (nSPS) is 33.9. The molecule has 5 rings (SSSR count). The summed E-state index contributed by atoms with van der Waals surface area (Å²) in [5.41, 5.74) is -1.18. The molecular weight excluding hydrogens is 358 g/mol. The van der Waals surface area contributed by atoms with Gasteiger partial charge in [0.25, 0.3) is 0 Å². The van der Waals surface area contributed by atoms with E-state index < -0.39 is 36.0 Å². The third kappa shape index (κ3) is 3.57. The van der Waals surface area contributed by atoms with E-state index in [-0.39, 0.29) is 11.3 Å². The Morgan fingerprint density at radius 1 is 1.11 bits per heavy atom. The fourth-order valence-electron chi connectivity index (χ4n) is 5.64. The standard InChI is InChI=1S/C20H22F2O5/c21-18(22)27-15-3-1-14(2-4-15)16(23)10-26-17(24)19-6-12-5-13(7-19)9-20(25,8-12)11-19/h1-4,12-13,18,25H,5-11H2/t12-,13+,19?,20?. The molecule has 0 aliphatic heterocycles. The Morgan fingerprint density at radius 2 is 1.74 bits per heavy atom. The van der Waals surface area contributed by atoms with Crippen molar-refractivity contribution < 1.29 is 33.0 Å². The van der Waals surface area contributed by atoms with Crippen LogP contribution in [0.2, 0.25) is 0 Å². The molecule has 1 aromatic rings. The number of halogens is 2. The van der Waals surface area contributed by atoms with Crippen LogP contribution in [-0.4, -0.2) is 35.7 Å². The van der Waals surface area contributed by atoms with Crippen LogP contribution in [0.15, 0.2) is 24.3 Å². The SMILES string of the molecule is O=C(COC(=O)C12C[C@@H]3C[C@@H](CC(O)(C3)C1)C2)c1ccc(OC(F)F)cc1. The molecule has 1 N–H and O–H groups in total. The highest BCUT2D eigenvalue weighted by molar-refractivity contribution is 5.98. The van der Waals surface area contributed by atoms with Gasteiger partial charge in [0.2, 0.25) is 0 Å². The highest BCUT2D eigenvalue weighted by atomic mass is 19.3. The molecule has 4 fully saturated rings. The Balaban J connectivity index is 1.37. The minimum absolute atomic E-state index is 0.0413. The maximum Gasteiger partial charge on any atom is 0.387 e. The minimum Gasteiger partial charge on any atom is -0.457 e. The summed E-state index contributed by atoms with van der Waals surface area (Å²) in [7, 11) is 0. The Labute approximate surface area is 155 Å². The van der Waals surface area contributed by atoms with E-state index >= 15 is 0 Å². The average Bonchev–Trinajstić information content (AvgIpc) is 2.57. The van der Waals surface area contributed by atoms with Gasteiger partial charge in [-0.3, -0.25) is 9.59 Å². The largest absolute Gasteiger partial charge is 0.457 e. The predicted molar refractivity (Wildman–Crippen MR) is 90.4 cm³/mol. The monoisotopic (exact) mass is 380 g/mol. The second-order valence-electron chi connectivity index (χ2n) is 8.37. The van der Waals surface area contributed by atoms with Gasteiger partial charge in [-0.2, -0.15) is 8.78 Å². The van der Waals surface area contributed by atoms with Crippen LogP contribution < -0.4 is 4.74 Å². The van der Waals surface area contributed by atoms with Gasteiger partial charge in [-0.15, -0.1) is 0 Å². The zero-order valence-electron chi connectivity index (χ0n) is 14.8. The van der Waals surface area contributed by atoms with E-state index in [0.29, 0.717) is 18.3 Å². The molecular formula is C20H22F2O5. The second kappa shape index (κ2) is 6.55. The highest BCUT2D eigenvalue weighted by Crippen LogP contribution is 2.61. The molecule has 4 aliphatic carbocycles. The zero-order valence-corrected chi connectivity index (χ0v) is 14.8. The van der Waals surface area contributed by atoms with Gasteiger partial charge in [-0.1, -0.05) is 0 Å². The van der Waals surface area contributed by atoms with Crippen molar-refractivity contribution in [1.29, 1.82) is 0 Å². The number of benzene rings is 1. The van der Waals surface area contributed by atoms with Crippen LogP contribution in [0, 0.1) is 17.3 Å². The van der Waals surface area contributed by atoms with E-state index in [4.69, 9.17) is 4.74 Å². The third-order valence-corrected chi connectivity index (χ3v) is 6.20. The summed E-state index contributed by atoms with van der Waals surface area (Å²) in [5, 5.41) is 10.7. The van der Waals surface area contributed by atoms with Crippen molar-refractivity contribution in [3.05, 3.63) is 29.8 Å². The van der Waals surface area contributed by atoms with Crippen molar-refractivity contribution in [3.8, 4) is 5.75 Å². The molecule has 0 spiro atoms. The lowest BCUT2D eigenvalue weighted by molar-refractivity contribution is -0.195. The van der Waals surface area contributed by atoms with Gasteiger partial charge in [-0.25, -0.2) is 0 Å². The van der Waals surface area contributed by atoms with Crippen molar-refractivity contribution in [2.45, 2.75) is 50.7 Å². The molecule has 0 amide bonds. The van der Waals surface area contributed by atoms with Gasteiger partial charge in [-0.05, 0) is 74.6 Å². The van der Waals surface area contributed by atoms with E-state index in [0.717, 1.165) is 32.1 Å². The molecule has 27 heavy (non-hydrogen) atoms. The van der Waals surface area contributed by atoms with Crippen molar-refractivity contribution in [3.63, 3.8) is 0 Å². The minimum atomic E-state index is -2.93. The van der Waals surface area contributed by atoms with Gasteiger partial charge in [0.15, 0.2) is 12.4 Å². The van der Waals surface area contributed by atoms with Gasteiger partial charge >= 0.3 is 12.6 Å². The molecule has 0 saturated heterocycles. The van der Waals surface area contributed by atoms with Gasteiger partial charge in [0, 0.05) is 5.56 Å². The summed E-state index contributed by atoms with van der Waals surface area (Å²) in [5.74, 6) is -0.152.